The van der Waals surface area contributed by atoms with Crippen LogP contribution in [0.1, 0.15) is 25.7 Å². The Hall–Kier alpha value is -1.68. The van der Waals surface area contributed by atoms with Crippen LogP contribution in [0.4, 0.5) is 10.1 Å². The first-order chi connectivity index (χ1) is 9.25. The number of halogens is 1. The normalized spacial score (nSPS) is 14.3. The maximum Gasteiger partial charge on any atom is 0.238 e. The van der Waals surface area contributed by atoms with E-state index in [0.717, 1.165) is 13.0 Å². The van der Waals surface area contributed by atoms with Gasteiger partial charge in [0.1, 0.15) is 5.82 Å². The van der Waals surface area contributed by atoms with Gasteiger partial charge in [-0.1, -0.05) is 23.8 Å². The smallest absolute Gasteiger partial charge is 0.238 e. The molecule has 4 heteroatoms. The lowest BCUT2D eigenvalue weighted by Crippen LogP contribution is -2.29. The fourth-order valence-electron chi connectivity index (χ4n) is 2.17. The summed E-state index contributed by atoms with van der Waals surface area (Å²) in [5.74, 6) is -0.627. The quantitative estimate of drug-likeness (QED) is 0.611. The Morgan fingerprint density at radius 3 is 2.89 bits per heavy atom. The van der Waals surface area contributed by atoms with Crippen molar-refractivity contribution in [3.63, 3.8) is 0 Å². The largest absolute Gasteiger partial charge is 0.322 e. The van der Waals surface area contributed by atoms with Crippen LogP contribution in [-0.4, -0.2) is 19.0 Å². The Bertz CT molecular complexity index is 471. The van der Waals surface area contributed by atoms with E-state index in [1.165, 1.54) is 30.9 Å². The molecule has 0 bridgehead atoms. The van der Waals surface area contributed by atoms with Crippen LogP contribution < -0.4 is 10.6 Å². The number of hydrogen-bond donors (Lipinski definition) is 2. The number of carbonyl (C=O) groups excluding carboxylic acids is 1. The predicted octanol–water partition coefficient (Wildman–Crippen LogP) is 2.85. The standard InChI is InChI=1S/C15H19FN2O/c16-13-7-3-4-8-14(13)18-15(19)11-17-10-9-12-5-1-2-6-12/h3-5,7-8,17H,1-2,6,9-11H2,(H,18,19). The van der Waals surface area contributed by atoms with Gasteiger partial charge >= 0.3 is 0 Å². The van der Waals surface area contributed by atoms with Gasteiger partial charge in [-0.25, -0.2) is 4.39 Å². The van der Waals surface area contributed by atoms with Gasteiger partial charge in [0, 0.05) is 0 Å². The zero-order chi connectivity index (χ0) is 13.5. The van der Waals surface area contributed by atoms with Crippen molar-refractivity contribution in [2.75, 3.05) is 18.4 Å². The van der Waals surface area contributed by atoms with E-state index < -0.39 is 5.82 Å². The van der Waals surface area contributed by atoms with Gasteiger partial charge in [0.2, 0.25) is 5.91 Å². The number of hydrogen-bond acceptors (Lipinski definition) is 2. The molecule has 0 fully saturated rings. The minimum Gasteiger partial charge on any atom is -0.322 e. The Labute approximate surface area is 112 Å². The highest BCUT2D eigenvalue weighted by atomic mass is 19.1. The summed E-state index contributed by atoms with van der Waals surface area (Å²) >= 11 is 0. The molecule has 0 atom stereocenters. The van der Waals surface area contributed by atoms with Gasteiger partial charge in [0.05, 0.1) is 12.2 Å². The van der Waals surface area contributed by atoms with Crippen LogP contribution in [0.25, 0.3) is 0 Å². The SMILES string of the molecule is O=C(CNCCC1=CCCC1)Nc1ccccc1F. The summed E-state index contributed by atoms with van der Waals surface area (Å²) in [6.45, 7) is 0.998. The van der Waals surface area contributed by atoms with Gasteiger partial charge < -0.3 is 10.6 Å². The summed E-state index contributed by atoms with van der Waals surface area (Å²) in [5.41, 5.74) is 1.70. The minimum atomic E-state index is -0.410. The first kappa shape index (κ1) is 13.7. The lowest BCUT2D eigenvalue weighted by atomic mass is 10.2. The van der Waals surface area contributed by atoms with E-state index in [2.05, 4.69) is 16.7 Å². The van der Waals surface area contributed by atoms with Gasteiger partial charge in [-0.3, -0.25) is 4.79 Å². The van der Waals surface area contributed by atoms with Crippen molar-refractivity contribution in [1.29, 1.82) is 0 Å². The van der Waals surface area contributed by atoms with Gasteiger partial charge in [-0.15, -0.1) is 0 Å². The van der Waals surface area contributed by atoms with E-state index >= 15 is 0 Å². The van der Waals surface area contributed by atoms with Crippen molar-refractivity contribution >= 4 is 11.6 Å². The number of allylic oxidation sites excluding steroid dienone is 1. The van der Waals surface area contributed by atoms with E-state index in [1.54, 1.807) is 18.2 Å². The molecule has 0 saturated carbocycles. The summed E-state index contributed by atoms with van der Waals surface area (Å²) in [6, 6.07) is 6.17. The van der Waals surface area contributed by atoms with Crippen LogP contribution in [-0.2, 0) is 4.79 Å². The van der Waals surface area contributed by atoms with Crippen molar-refractivity contribution in [3.8, 4) is 0 Å². The molecule has 0 unspecified atom stereocenters. The molecule has 3 nitrogen and oxygen atoms in total. The summed E-state index contributed by atoms with van der Waals surface area (Å²) in [6.07, 6.45) is 6.89. The molecule has 19 heavy (non-hydrogen) atoms. The molecular formula is C15H19FN2O. The lowest BCUT2D eigenvalue weighted by Gasteiger charge is -2.07. The molecule has 1 aliphatic carbocycles. The Morgan fingerprint density at radius 2 is 2.16 bits per heavy atom. The van der Waals surface area contributed by atoms with Gasteiger partial charge in [0.15, 0.2) is 0 Å². The molecule has 0 saturated heterocycles. The maximum absolute atomic E-state index is 13.3. The minimum absolute atomic E-state index is 0.210. The highest BCUT2D eigenvalue weighted by Gasteiger charge is 2.07. The van der Waals surface area contributed by atoms with Gasteiger partial charge in [-0.05, 0) is 44.4 Å². The van der Waals surface area contributed by atoms with Crippen LogP contribution in [0.3, 0.4) is 0 Å². The fraction of sp³-hybridized carbons (Fsp3) is 0.400. The Kier molecular flexibility index (Phi) is 5.10. The molecule has 0 aromatic heterocycles. The third-order valence-corrected chi connectivity index (χ3v) is 3.19. The molecule has 0 spiro atoms. The molecule has 2 rings (SSSR count). The molecule has 1 aromatic carbocycles. The van der Waals surface area contributed by atoms with Gasteiger partial charge in [0.25, 0.3) is 0 Å². The van der Waals surface area contributed by atoms with Crippen LogP contribution in [0.2, 0.25) is 0 Å². The first-order valence-corrected chi connectivity index (χ1v) is 6.69. The number of amides is 1. The number of carbonyl (C=O) groups is 1. The van der Waals surface area contributed by atoms with Gasteiger partial charge in [-0.2, -0.15) is 0 Å². The number of anilines is 1. The molecule has 2 N–H and O–H groups in total. The number of benzene rings is 1. The summed E-state index contributed by atoms with van der Waals surface area (Å²) in [5, 5.41) is 5.62. The molecule has 0 aliphatic heterocycles. The molecule has 1 aromatic rings. The monoisotopic (exact) mass is 262 g/mol. The molecular weight excluding hydrogens is 243 g/mol. The first-order valence-electron chi connectivity index (χ1n) is 6.69. The summed E-state index contributed by atoms with van der Waals surface area (Å²) < 4.78 is 13.3. The second kappa shape index (κ2) is 7.04. The summed E-state index contributed by atoms with van der Waals surface area (Å²) in [4.78, 5) is 11.6. The molecule has 102 valence electrons. The average Bonchev–Trinajstić information content (AvgIpc) is 2.91. The fourth-order valence-corrected chi connectivity index (χ4v) is 2.17. The molecule has 1 aliphatic rings. The van der Waals surface area contributed by atoms with E-state index in [0.29, 0.717) is 0 Å². The van der Waals surface area contributed by atoms with E-state index in [-0.39, 0.29) is 18.1 Å². The number of para-hydroxylation sites is 1. The van der Waals surface area contributed by atoms with E-state index in [4.69, 9.17) is 0 Å². The predicted molar refractivity (Wildman–Crippen MR) is 74.5 cm³/mol. The highest BCUT2D eigenvalue weighted by Crippen LogP contribution is 2.19. The van der Waals surface area contributed by atoms with Crippen LogP contribution in [0.15, 0.2) is 35.9 Å². The van der Waals surface area contributed by atoms with Crippen LogP contribution in [0, 0.1) is 5.82 Å². The Balaban J connectivity index is 1.66. The molecule has 0 radical (unpaired) electrons. The second-order valence-corrected chi connectivity index (χ2v) is 4.71. The summed E-state index contributed by atoms with van der Waals surface area (Å²) in [7, 11) is 0. The Morgan fingerprint density at radius 1 is 1.32 bits per heavy atom. The van der Waals surface area contributed by atoms with Crippen molar-refractivity contribution in [1.82, 2.24) is 5.32 Å². The zero-order valence-corrected chi connectivity index (χ0v) is 10.9. The topological polar surface area (TPSA) is 41.1 Å². The lowest BCUT2D eigenvalue weighted by molar-refractivity contribution is -0.115. The molecule has 0 heterocycles. The van der Waals surface area contributed by atoms with Crippen molar-refractivity contribution in [2.24, 2.45) is 0 Å². The maximum atomic E-state index is 13.3. The zero-order valence-electron chi connectivity index (χ0n) is 10.9. The van der Waals surface area contributed by atoms with Crippen LogP contribution >= 0.6 is 0 Å². The van der Waals surface area contributed by atoms with E-state index in [9.17, 15) is 9.18 Å². The third kappa shape index (κ3) is 4.48. The van der Waals surface area contributed by atoms with Crippen molar-refractivity contribution in [3.05, 3.63) is 41.7 Å². The van der Waals surface area contributed by atoms with Crippen LogP contribution in [0.5, 0.6) is 0 Å². The van der Waals surface area contributed by atoms with Crippen molar-refractivity contribution < 1.29 is 9.18 Å². The number of rotatable bonds is 6. The average molecular weight is 262 g/mol. The van der Waals surface area contributed by atoms with E-state index in [1.807, 2.05) is 0 Å². The second-order valence-electron chi connectivity index (χ2n) is 4.71. The number of nitrogens with one attached hydrogen (secondary N) is 2. The molecule has 1 amide bonds. The van der Waals surface area contributed by atoms with Crippen molar-refractivity contribution in [2.45, 2.75) is 25.7 Å². The third-order valence-electron chi connectivity index (χ3n) is 3.19. The highest BCUT2D eigenvalue weighted by molar-refractivity contribution is 5.92.